The van der Waals surface area contributed by atoms with E-state index in [0.29, 0.717) is 17.6 Å². The maximum atomic E-state index is 10.5. The summed E-state index contributed by atoms with van der Waals surface area (Å²) in [6, 6.07) is 4.01. The van der Waals surface area contributed by atoms with Gasteiger partial charge in [0.15, 0.2) is 11.5 Å². The predicted molar refractivity (Wildman–Crippen MR) is 86.2 cm³/mol. The van der Waals surface area contributed by atoms with Crippen molar-refractivity contribution in [2.75, 3.05) is 20.2 Å². The fraction of sp³-hybridized carbons (Fsp3) is 0.667. The first-order valence-corrected chi connectivity index (χ1v) is 8.31. The van der Waals surface area contributed by atoms with Gasteiger partial charge in [-0.25, -0.2) is 0 Å². The lowest BCUT2D eigenvalue weighted by atomic mass is 9.79. The van der Waals surface area contributed by atoms with E-state index in [1.54, 1.807) is 7.11 Å². The minimum absolute atomic E-state index is 0.196. The van der Waals surface area contributed by atoms with E-state index in [4.69, 9.17) is 4.74 Å². The molecule has 0 radical (unpaired) electrons. The van der Waals surface area contributed by atoms with Crippen LogP contribution >= 0.6 is 0 Å². The molecule has 2 aliphatic heterocycles. The Kier molecular flexibility index (Phi) is 4.33. The molecule has 3 rings (SSSR count). The van der Waals surface area contributed by atoms with Crippen molar-refractivity contribution in [3.8, 4) is 11.5 Å². The summed E-state index contributed by atoms with van der Waals surface area (Å²) in [7, 11) is 1.58. The van der Waals surface area contributed by atoms with Crippen molar-refractivity contribution in [1.29, 1.82) is 0 Å². The van der Waals surface area contributed by atoms with Gasteiger partial charge < -0.3 is 14.9 Å². The molecule has 3 atom stereocenters. The maximum Gasteiger partial charge on any atom is 0.160 e. The first kappa shape index (κ1) is 15.6. The van der Waals surface area contributed by atoms with Crippen LogP contribution in [-0.4, -0.2) is 41.4 Å². The summed E-state index contributed by atoms with van der Waals surface area (Å²) in [6.45, 7) is 6.41. The molecule has 0 saturated carbocycles. The Morgan fingerprint density at radius 3 is 2.82 bits per heavy atom. The number of phenols is 1. The molecule has 3 unspecified atom stereocenters. The van der Waals surface area contributed by atoms with Gasteiger partial charge in [-0.1, -0.05) is 13.8 Å². The SMILES string of the molecule is COc1cc2c(cc1O)C1CC(O)C(CC(C)C)CN1CC2. The van der Waals surface area contributed by atoms with Crippen molar-refractivity contribution >= 4 is 0 Å². The Bertz CT molecular complexity index is 543. The second-order valence-electron chi connectivity index (χ2n) is 7.18. The van der Waals surface area contributed by atoms with E-state index in [1.165, 1.54) is 5.56 Å². The fourth-order valence-electron chi connectivity index (χ4n) is 4.11. The van der Waals surface area contributed by atoms with Crippen LogP contribution in [0.4, 0.5) is 0 Å². The summed E-state index contributed by atoms with van der Waals surface area (Å²) in [5.74, 6) is 1.72. The smallest absolute Gasteiger partial charge is 0.160 e. The standard InChI is InChI=1S/C18H27NO3/c1-11(2)6-13-10-19-5-4-12-7-18(22-3)17(21)8-14(12)15(19)9-16(13)20/h7-8,11,13,15-16,20-21H,4-6,9-10H2,1-3H3. The van der Waals surface area contributed by atoms with Gasteiger partial charge in [0, 0.05) is 19.1 Å². The maximum absolute atomic E-state index is 10.5. The molecular weight excluding hydrogens is 278 g/mol. The summed E-state index contributed by atoms with van der Waals surface area (Å²) in [5.41, 5.74) is 2.40. The zero-order valence-electron chi connectivity index (χ0n) is 13.7. The Labute approximate surface area is 132 Å². The summed E-state index contributed by atoms with van der Waals surface area (Å²) in [5, 5.41) is 20.6. The van der Waals surface area contributed by atoms with Crippen molar-refractivity contribution in [3.63, 3.8) is 0 Å². The van der Waals surface area contributed by atoms with Crippen LogP contribution < -0.4 is 4.74 Å². The van der Waals surface area contributed by atoms with Gasteiger partial charge in [-0.2, -0.15) is 0 Å². The van der Waals surface area contributed by atoms with E-state index in [1.807, 2.05) is 12.1 Å². The molecule has 0 aliphatic carbocycles. The second kappa shape index (κ2) is 6.09. The monoisotopic (exact) mass is 305 g/mol. The van der Waals surface area contributed by atoms with Gasteiger partial charge in [-0.3, -0.25) is 4.90 Å². The van der Waals surface area contributed by atoms with Crippen LogP contribution in [-0.2, 0) is 6.42 Å². The van der Waals surface area contributed by atoms with Crippen LogP contribution in [0.25, 0.3) is 0 Å². The first-order valence-electron chi connectivity index (χ1n) is 8.31. The molecular formula is C18H27NO3. The van der Waals surface area contributed by atoms with E-state index in [0.717, 1.165) is 37.9 Å². The lowest BCUT2D eigenvalue weighted by molar-refractivity contribution is -0.0191. The number of hydrogen-bond acceptors (Lipinski definition) is 4. The molecule has 0 aromatic heterocycles. The van der Waals surface area contributed by atoms with Crippen LogP contribution in [0.15, 0.2) is 12.1 Å². The van der Waals surface area contributed by atoms with Gasteiger partial charge in [-0.05, 0) is 54.4 Å². The lowest BCUT2D eigenvalue weighted by Gasteiger charge is -2.46. The van der Waals surface area contributed by atoms with Gasteiger partial charge >= 0.3 is 0 Å². The molecule has 1 fully saturated rings. The number of phenolic OH excluding ortho intramolecular Hbond substituents is 1. The highest BCUT2D eigenvalue weighted by molar-refractivity contribution is 5.48. The predicted octanol–water partition coefficient (Wildman–Crippen LogP) is 2.73. The van der Waals surface area contributed by atoms with Gasteiger partial charge in [0.2, 0.25) is 0 Å². The van der Waals surface area contributed by atoms with Crippen LogP contribution in [0.5, 0.6) is 11.5 Å². The number of ether oxygens (including phenoxy) is 1. The number of piperidine rings is 1. The third kappa shape index (κ3) is 2.82. The summed E-state index contributed by atoms with van der Waals surface area (Å²) in [6.07, 6.45) is 2.56. The number of aliphatic hydroxyl groups is 1. The summed E-state index contributed by atoms with van der Waals surface area (Å²) < 4.78 is 5.22. The number of fused-ring (bicyclic) bond motifs is 3. The van der Waals surface area contributed by atoms with Crippen molar-refractivity contribution in [1.82, 2.24) is 4.90 Å². The quantitative estimate of drug-likeness (QED) is 0.901. The molecule has 22 heavy (non-hydrogen) atoms. The van der Waals surface area contributed by atoms with Gasteiger partial charge in [-0.15, -0.1) is 0 Å². The summed E-state index contributed by atoms with van der Waals surface area (Å²) >= 11 is 0. The van der Waals surface area contributed by atoms with Crippen LogP contribution in [0.2, 0.25) is 0 Å². The van der Waals surface area contributed by atoms with Gasteiger partial charge in [0.25, 0.3) is 0 Å². The molecule has 0 bridgehead atoms. The van der Waals surface area contributed by atoms with Crippen molar-refractivity contribution < 1.29 is 14.9 Å². The number of benzene rings is 1. The number of aliphatic hydroxyl groups excluding tert-OH is 1. The Morgan fingerprint density at radius 1 is 1.36 bits per heavy atom. The van der Waals surface area contributed by atoms with E-state index in [9.17, 15) is 10.2 Å². The molecule has 0 spiro atoms. The van der Waals surface area contributed by atoms with Crippen molar-refractivity contribution in [2.45, 2.75) is 45.3 Å². The van der Waals surface area contributed by atoms with E-state index in [-0.39, 0.29) is 17.9 Å². The number of rotatable bonds is 3. The molecule has 2 heterocycles. The average molecular weight is 305 g/mol. The molecule has 1 aromatic rings. The number of aromatic hydroxyl groups is 1. The summed E-state index contributed by atoms with van der Waals surface area (Å²) in [4.78, 5) is 2.48. The Morgan fingerprint density at radius 2 is 2.14 bits per heavy atom. The van der Waals surface area contributed by atoms with Crippen LogP contribution in [0.1, 0.15) is 43.9 Å². The molecule has 4 nitrogen and oxygen atoms in total. The number of methoxy groups -OCH3 is 1. The zero-order chi connectivity index (χ0) is 15.9. The highest BCUT2D eigenvalue weighted by Crippen LogP contribution is 2.43. The largest absolute Gasteiger partial charge is 0.504 e. The first-order chi connectivity index (χ1) is 10.5. The topological polar surface area (TPSA) is 52.9 Å². The molecule has 2 aliphatic rings. The number of hydrogen-bond donors (Lipinski definition) is 2. The van der Waals surface area contributed by atoms with Crippen molar-refractivity contribution in [3.05, 3.63) is 23.3 Å². The normalized spacial score (nSPS) is 28.3. The molecule has 1 saturated heterocycles. The average Bonchev–Trinajstić information content (AvgIpc) is 2.47. The van der Waals surface area contributed by atoms with Gasteiger partial charge in [0.05, 0.1) is 13.2 Å². The number of nitrogens with zero attached hydrogens (tertiary/aromatic N) is 1. The van der Waals surface area contributed by atoms with Gasteiger partial charge in [0.1, 0.15) is 0 Å². The molecule has 1 aromatic carbocycles. The third-order valence-electron chi connectivity index (χ3n) is 5.16. The molecule has 4 heteroatoms. The minimum atomic E-state index is -0.251. The second-order valence-corrected chi connectivity index (χ2v) is 7.18. The zero-order valence-corrected chi connectivity index (χ0v) is 13.7. The molecule has 2 N–H and O–H groups in total. The lowest BCUT2D eigenvalue weighted by Crippen LogP contribution is -2.48. The van der Waals surface area contributed by atoms with E-state index < -0.39 is 0 Å². The van der Waals surface area contributed by atoms with Crippen molar-refractivity contribution in [2.24, 2.45) is 11.8 Å². The van der Waals surface area contributed by atoms with E-state index in [2.05, 4.69) is 18.7 Å². The molecule has 0 amide bonds. The Hall–Kier alpha value is -1.26. The molecule has 122 valence electrons. The fourth-order valence-corrected chi connectivity index (χ4v) is 4.11. The van der Waals surface area contributed by atoms with E-state index >= 15 is 0 Å². The Balaban J connectivity index is 1.85. The third-order valence-corrected chi connectivity index (χ3v) is 5.16. The van der Waals surface area contributed by atoms with Crippen LogP contribution in [0, 0.1) is 11.8 Å². The minimum Gasteiger partial charge on any atom is -0.504 e. The van der Waals surface area contributed by atoms with Crippen LogP contribution in [0.3, 0.4) is 0 Å². The highest BCUT2D eigenvalue weighted by atomic mass is 16.5. The highest BCUT2D eigenvalue weighted by Gasteiger charge is 2.38.